The Morgan fingerprint density at radius 2 is 2.06 bits per heavy atom. The normalized spacial score (nSPS) is 23.4. The summed E-state index contributed by atoms with van der Waals surface area (Å²) < 4.78 is 5.42. The van der Waals surface area contributed by atoms with Crippen LogP contribution in [0.5, 0.6) is 0 Å². The fraction of sp³-hybridized carbons (Fsp3) is 0.333. The molecule has 0 bridgehead atoms. The van der Waals surface area contributed by atoms with E-state index in [1.54, 1.807) is 6.26 Å². The monoisotopic (exact) mass is 227 g/mol. The largest absolute Gasteiger partial charge is 0.469 e. The van der Waals surface area contributed by atoms with Crippen molar-refractivity contribution in [3.05, 3.63) is 59.5 Å². The van der Waals surface area contributed by atoms with E-state index >= 15 is 0 Å². The zero-order chi connectivity index (χ0) is 11.7. The molecule has 1 heterocycles. The molecule has 0 saturated heterocycles. The van der Waals surface area contributed by atoms with Gasteiger partial charge in [-0.05, 0) is 42.0 Å². The fourth-order valence-corrected chi connectivity index (χ4v) is 2.78. The smallest absolute Gasteiger partial charge is 0.104 e. The van der Waals surface area contributed by atoms with Crippen LogP contribution in [-0.2, 0) is 12.8 Å². The molecule has 0 fully saturated rings. The van der Waals surface area contributed by atoms with Crippen LogP contribution in [0.15, 0.2) is 47.1 Å². The lowest BCUT2D eigenvalue weighted by molar-refractivity contribution is 0.347. The summed E-state index contributed by atoms with van der Waals surface area (Å²) in [5.74, 6) is 1.54. The second kappa shape index (κ2) is 4.38. The first-order chi connectivity index (χ1) is 8.34. The van der Waals surface area contributed by atoms with Crippen LogP contribution in [0, 0.1) is 5.92 Å². The van der Waals surface area contributed by atoms with Crippen LogP contribution >= 0.6 is 0 Å². The lowest BCUT2D eigenvalue weighted by Gasteiger charge is -2.30. The van der Waals surface area contributed by atoms with Gasteiger partial charge in [0.25, 0.3) is 0 Å². The van der Waals surface area contributed by atoms with Crippen molar-refractivity contribution in [3.63, 3.8) is 0 Å². The van der Waals surface area contributed by atoms with E-state index in [9.17, 15) is 0 Å². The van der Waals surface area contributed by atoms with E-state index in [-0.39, 0.29) is 6.04 Å². The van der Waals surface area contributed by atoms with E-state index in [1.165, 1.54) is 11.1 Å². The summed E-state index contributed by atoms with van der Waals surface area (Å²) in [6, 6.07) is 12.6. The molecule has 0 radical (unpaired) electrons. The average molecular weight is 227 g/mol. The first-order valence-corrected chi connectivity index (χ1v) is 6.20. The Bertz CT molecular complexity index is 489. The van der Waals surface area contributed by atoms with Crippen molar-refractivity contribution in [2.24, 2.45) is 11.7 Å². The third kappa shape index (κ3) is 2.01. The SMILES string of the molecule is NC1c2ccccc2CCC1Cc1ccco1. The highest BCUT2D eigenvalue weighted by Crippen LogP contribution is 2.34. The van der Waals surface area contributed by atoms with Gasteiger partial charge in [-0.3, -0.25) is 0 Å². The van der Waals surface area contributed by atoms with Gasteiger partial charge in [0.2, 0.25) is 0 Å². The van der Waals surface area contributed by atoms with E-state index in [2.05, 4.69) is 24.3 Å². The lowest BCUT2D eigenvalue weighted by atomic mass is 9.78. The molecule has 1 aromatic carbocycles. The van der Waals surface area contributed by atoms with E-state index in [0.717, 1.165) is 25.0 Å². The summed E-state index contributed by atoms with van der Waals surface area (Å²) >= 11 is 0. The molecular formula is C15H17NO. The Hall–Kier alpha value is -1.54. The molecule has 0 amide bonds. The predicted molar refractivity (Wildman–Crippen MR) is 67.6 cm³/mol. The third-order valence-electron chi connectivity index (χ3n) is 3.75. The number of aryl methyl sites for hydroxylation is 1. The van der Waals surface area contributed by atoms with Crippen LogP contribution in [-0.4, -0.2) is 0 Å². The van der Waals surface area contributed by atoms with Gasteiger partial charge in [-0.15, -0.1) is 0 Å². The van der Waals surface area contributed by atoms with Gasteiger partial charge in [0.1, 0.15) is 5.76 Å². The zero-order valence-corrected chi connectivity index (χ0v) is 9.80. The molecule has 2 heteroatoms. The lowest BCUT2D eigenvalue weighted by Crippen LogP contribution is -2.28. The molecule has 17 heavy (non-hydrogen) atoms. The second-order valence-corrected chi connectivity index (χ2v) is 4.81. The van der Waals surface area contributed by atoms with E-state index < -0.39 is 0 Å². The maximum atomic E-state index is 6.37. The summed E-state index contributed by atoms with van der Waals surface area (Å²) in [5, 5.41) is 0. The molecule has 2 N–H and O–H groups in total. The third-order valence-corrected chi connectivity index (χ3v) is 3.75. The van der Waals surface area contributed by atoms with Crippen LogP contribution in [0.2, 0.25) is 0 Å². The Labute approximate surface area is 101 Å². The molecule has 1 aliphatic rings. The summed E-state index contributed by atoms with van der Waals surface area (Å²) in [6.07, 6.45) is 4.97. The van der Waals surface area contributed by atoms with Gasteiger partial charge in [0.15, 0.2) is 0 Å². The van der Waals surface area contributed by atoms with Crippen LogP contribution in [0.25, 0.3) is 0 Å². The predicted octanol–water partition coefficient (Wildman–Crippen LogP) is 3.08. The number of rotatable bonds is 2. The van der Waals surface area contributed by atoms with Crippen molar-refractivity contribution in [2.45, 2.75) is 25.3 Å². The second-order valence-electron chi connectivity index (χ2n) is 4.81. The van der Waals surface area contributed by atoms with Gasteiger partial charge in [0.05, 0.1) is 6.26 Å². The van der Waals surface area contributed by atoms with Crippen LogP contribution in [0.1, 0.15) is 29.3 Å². The molecule has 0 spiro atoms. The minimum atomic E-state index is 0.144. The standard InChI is InChI=1S/C15H17NO/c16-15-12(10-13-5-3-9-17-13)8-7-11-4-1-2-6-14(11)15/h1-6,9,12,15H,7-8,10,16H2. The number of hydrogen-bond acceptors (Lipinski definition) is 2. The Balaban J connectivity index is 1.82. The Kier molecular flexibility index (Phi) is 2.73. The summed E-state index contributed by atoms with van der Waals surface area (Å²) in [4.78, 5) is 0. The molecule has 88 valence electrons. The number of furan rings is 1. The van der Waals surface area contributed by atoms with Crippen LogP contribution < -0.4 is 5.73 Å². The van der Waals surface area contributed by atoms with Crippen LogP contribution in [0.4, 0.5) is 0 Å². The zero-order valence-electron chi connectivity index (χ0n) is 9.80. The molecule has 2 aromatic rings. The number of nitrogens with two attached hydrogens (primary N) is 1. The van der Waals surface area contributed by atoms with Crippen molar-refractivity contribution in [3.8, 4) is 0 Å². The number of fused-ring (bicyclic) bond motifs is 1. The molecule has 1 aliphatic carbocycles. The summed E-state index contributed by atoms with van der Waals surface area (Å²) in [5.41, 5.74) is 9.09. The molecule has 0 aliphatic heterocycles. The van der Waals surface area contributed by atoms with Gasteiger partial charge < -0.3 is 10.2 Å². The van der Waals surface area contributed by atoms with E-state index in [0.29, 0.717) is 5.92 Å². The highest BCUT2D eigenvalue weighted by Gasteiger charge is 2.26. The first-order valence-electron chi connectivity index (χ1n) is 6.20. The van der Waals surface area contributed by atoms with Gasteiger partial charge in [-0.1, -0.05) is 24.3 Å². The number of benzene rings is 1. The van der Waals surface area contributed by atoms with Crippen molar-refractivity contribution >= 4 is 0 Å². The summed E-state index contributed by atoms with van der Waals surface area (Å²) in [6.45, 7) is 0. The minimum absolute atomic E-state index is 0.144. The highest BCUT2D eigenvalue weighted by atomic mass is 16.3. The van der Waals surface area contributed by atoms with Crippen molar-refractivity contribution in [1.82, 2.24) is 0 Å². The maximum Gasteiger partial charge on any atom is 0.104 e. The maximum absolute atomic E-state index is 6.37. The molecule has 3 rings (SSSR count). The van der Waals surface area contributed by atoms with Crippen molar-refractivity contribution < 1.29 is 4.42 Å². The fourth-order valence-electron chi connectivity index (χ4n) is 2.78. The van der Waals surface area contributed by atoms with Crippen molar-refractivity contribution in [1.29, 1.82) is 0 Å². The number of hydrogen-bond donors (Lipinski definition) is 1. The molecule has 2 nitrogen and oxygen atoms in total. The van der Waals surface area contributed by atoms with Crippen molar-refractivity contribution in [2.75, 3.05) is 0 Å². The van der Waals surface area contributed by atoms with Gasteiger partial charge in [-0.2, -0.15) is 0 Å². The molecule has 1 aromatic heterocycles. The molecule has 0 saturated carbocycles. The molecule has 2 unspecified atom stereocenters. The van der Waals surface area contributed by atoms with Gasteiger partial charge >= 0.3 is 0 Å². The molecule has 2 atom stereocenters. The minimum Gasteiger partial charge on any atom is -0.469 e. The Morgan fingerprint density at radius 3 is 2.88 bits per heavy atom. The van der Waals surface area contributed by atoms with Crippen LogP contribution in [0.3, 0.4) is 0 Å². The quantitative estimate of drug-likeness (QED) is 0.856. The van der Waals surface area contributed by atoms with E-state index in [4.69, 9.17) is 10.2 Å². The Morgan fingerprint density at radius 1 is 1.18 bits per heavy atom. The average Bonchev–Trinajstić information content (AvgIpc) is 2.86. The van der Waals surface area contributed by atoms with Gasteiger partial charge in [0, 0.05) is 12.5 Å². The van der Waals surface area contributed by atoms with Gasteiger partial charge in [-0.25, -0.2) is 0 Å². The highest BCUT2D eigenvalue weighted by molar-refractivity contribution is 5.32. The molecular weight excluding hydrogens is 210 g/mol. The first kappa shape index (κ1) is 10.6. The summed E-state index contributed by atoms with van der Waals surface area (Å²) in [7, 11) is 0. The van der Waals surface area contributed by atoms with E-state index in [1.807, 2.05) is 12.1 Å². The topological polar surface area (TPSA) is 39.2 Å².